The predicted octanol–water partition coefficient (Wildman–Crippen LogP) is 3.37. The number of benzene rings is 1. The van der Waals surface area contributed by atoms with Gasteiger partial charge < -0.3 is 10.2 Å². The lowest BCUT2D eigenvalue weighted by molar-refractivity contribution is -0.122. The number of amides is 1. The average Bonchev–Trinajstić information content (AvgIpc) is 2.84. The topological polar surface area (TPSA) is 32.3 Å². The van der Waals surface area contributed by atoms with Crippen molar-refractivity contribution < 1.29 is 4.79 Å². The zero-order valence-corrected chi connectivity index (χ0v) is 13.8. The van der Waals surface area contributed by atoms with E-state index in [-0.39, 0.29) is 11.3 Å². The second-order valence-corrected chi connectivity index (χ2v) is 7.48. The maximum atomic E-state index is 11.9. The summed E-state index contributed by atoms with van der Waals surface area (Å²) < 4.78 is 0. The van der Waals surface area contributed by atoms with E-state index in [4.69, 9.17) is 0 Å². The summed E-state index contributed by atoms with van der Waals surface area (Å²) in [5.74, 6) is 0.742. The Morgan fingerprint density at radius 3 is 2.57 bits per heavy atom. The quantitative estimate of drug-likeness (QED) is 0.921. The molecule has 1 heterocycles. The van der Waals surface area contributed by atoms with Crippen molar-refractivity contribution in [1.29, 1.82) is 0 Å². The van der Waals surface area contributed by atoms with E-state index in [9.17, 15) is 4.79 Å². The van der Waals surface area contributed by atoms with Crippen LogP contribution in [-0.4, -0.2) is 25.5 Å². The smallest absolute Gasteiger partial charge is 0.220 e. The first kappa shape index (κ1) is 15.9. The molecule has 0 saturated carbocycles. The normalized spacial score (nSPS) is 18.9. The second-order valence-electron chi connectivity index (χ2n) is 7.48. The van der Waals surface area contributed by atoms with Crippen LogP contribution in [0, 0.1) is 18.3 Å². The Hall–Kier alpha value is -1.51. The number of nitrogens with zero attached hydrogens (tertiary/aromatic N) is 1. The maximum Gasteiger partial charge on any atom is 0.220 e. The third-order valence-electron chi connectivity index (χ3n) is 3.96. The highest BCUT2D eigenvalue weighted by Gasteiger charge is 2.23. The van der Waals surface area contributed by atoms with Gasteiger partial charge in [-0.25, -0.2) is 0 Å². The summed E-state index contributed by atoms with van der Waals surface area (Å²) in [5.41, 5.74) is 2.65. The summed E-state index contributed by atoms with van der Waals surface area (Å²) in [6.45, 7) is 11.3. The van der Waals surface area contributed by atoms with Gasteiger partial charge in [0.1, 0.15) is 0 Å². The summed E-state index contributed by atoms with van der Waals surface area (Å²) in [5, 5.41) is 3.10. The molecule has 116 valence electrons. The van der Waals surface area contributed by atoms with Gasteiger partial charge in [-0.2, -0.15) is 0 Å². The lowest BCUT2D eigenvalue weighted by Crippen LogP contribution is -2.33. The van der Waals surface area contributed by atoms with Gasteiger partial charge in [-0.1, -0.05) is 38.5 Å². The Balaban J connectivity index is 1.78. The number of anilines is 1. The highest BCUT2D eigenvalue weighted by Crippen LogP contribution is 2.24. The average molecular weight is 288 g/mol. The van der Waals surface area contributed by atoms with Gasteiger partial charge in [0.05, 0.1) is 0 Å². The molecule has 0 spiro atoms. The molecule has 1 amide bonds. The molecule has 1 unspecified atom stereocenters. The number of hydrogen-bond acceptors (Lipinski definition) is 2. The predicted molar refractivity (Wildman–Crippen MR) is 88.6 cm³/mol. The summed E-state index contributed by atoms with van der Waals surface area (Å²) in [6, 6.07) is 8.70. The Morgan fingerprint density at radius 2 is 1.95 bits per heavy atom. The van der Waals surface area contributed by atoms with Gasteiger partial charge >= 0.3 is 0 Å². The molecule has 0 radical (unpaired) electrons. The van der Waals surface area contributed by atoms with Crippen LogP contribution in [-0.2, 0) is 4.79 Å². The van der Waals surface area contributed by atoms with E-state index >= 15 is 0 Å². The molecule has 1 N–H and O–H groups in total. The molecular formula is C18H28N2O. The third kappa shape index (κ3) is 5.07. The maximum absolute atomic E-state index is 11.9. The molecule has 1 aromatic rings. The van der Waals surface area contributed by atoms with Crippen LogP contribution in [0.3, 0.4) is 0 Å². The second kappa shape index (κ2) is 6.50. The molecule has 21 heavy (non-hydrogen) atoms. The van der Waals surface area contributed by atoms with Crippen LogP contribution in [0.4, 0.5) is 5.69 Å². The van der Waals surface area contributed by atoms with Crippen LogP contribution in [0.25, 0.3) is 0 Å². The van der Waals surface area contributed by atoms with Crippen LogP contribution >= 0.6 is 0 Å². The number of rotatable bonds is 4. The Labute approximate surface area is 128 Å². The van der Waals surface area contributed by atoms with Crippen LogP contribution in [0.5, 0.6) is 0 Å². The fraction of sp³-hybridized carbons (Fsp3) is 0.611. The monoisotopic (exact) mass is 288 g/mol. The van der Waals surface area contributed by atoms with Gasteiger partial charge in [-0.15, -0.1) is 0 Å². The first-order valence-electron chi connectivity index (χ1n) is 7.92. The molecular weight excluding hydrogens is 260 g/mol. The minimum Gasteiger partial charge on any atom is -0.371 e. The van der Waals surface area contributed by atoms with Gasteiger partial charge in [-0.05, 0) is 36.8 Å². The lowest BCUT2D eigenvalue weighted by Gasteiger charge is -2.20. The molecule has 0 aromatic heterocycles. The minimum atomic E-state index is 0.0632. The van der Waals surface area contributed by atoms with Crippen molar-refractivity contribution >= 4 is 11.6 Å². The molecule has 0 bridgehead atoms. The molecule has 1 aliphatic heterocycles. The number of hydrogen-bond donors (Lipinski definition) is 1. The van der Waals surface area contributed by atoms with E-state index in [1.54, 1.807) is 0 Å². The zero-order valence-electron chi connectivity index (χ0n) is 13.8. The Bertz CT molecular complexity index is 473. The third-order valence-corrected chi connectivity index (χ3v) is 3.96. The summed E-state index contributed by atoms with van der Waals surface area (Å²) in [7, 11) is 0. The number of carbonyl (C=O) groups excluding carboxylic acids is 1. The Morgan fingerprint density at radius 1 is 1.29 bits per heavy atom. The fourth-order valence-electron chi connectivity index (χ4n) is 2.79. The van der Waals surface area contributed by atoms with E-state index in [0.29, 0.717) is 12.3 Å². The highest BCUT2D eigenvalue weighted by atomic mass is 16.1. The zero-order chi connectivity index (χ0) is 15.5. The molecule has 1 atom stereocenters. The van der Waals surface area contributed by atoms with E-state index in [1.165, 1.54) is 11.3 Å². The summed E-state index contributed by atoms with van der Waals surface area (Å²) >= 11 is 0. The van der Waals surface area contributed by atoms with Crippen molar-refractivity contribution in [2.75, 3.05) is 24.5 Å². The van der Waals surface area contributed by atoms with Gasteiger partial charge in [0.25, 0.3) is 0 Å². The molecule has 3 heteroatoms. The number of carbonyl (C=O) groups is 1. The van der Waals surface area contributed by atoms with Crippen molar-refractivity contribution in [3.63, 3.8) is 0 Å². The summed E-state index contributed by atoms with van der Waals surface area (Å²) in [4.78, 5) is 14.3. The fourth-order valence-corrected chi connectivity index (χ4v) is 2.79. The molecule has 3 nitrogen and oxygen atoms in total. The standard InChI is InChI=1S/C18H28N2O/c1-14-5-7-16(8-6-14)20-10-9-15(13-20)12-19-17(21)11-18(2,3)4/h5-8,15H,9-13H2,1-4H3,(H,19,21). The van der Waals surface area contributed by atoms with Crippen molar-refractivity contribution in [3.05, 3.63) is 29.8 Å². The molecule has 1 fully saturated rings. The minimum absolute atomic E-state index is 0.0632. The van der Waals surface area contributed by atoms with E-state index < -0.39 is 0 Å². The van der Waals surface area contributed by atoms with E-state index in [0.717, 1.165) is 26.1 Å². The lowest BCUT2D eigenvalue weighted by atomic mass is 9.92. The van der Waals surface area contributed by atoms with Gasteiger partial charge in [0.15, 0.2) is 0 Å². The van der Waals surface area contributed by atoms with E-state index in [2.05, 4.69) is 62.2 Å². The largest absolute Gasteiger partial charge is 0.371 e. The van der Waals surface area contributed by atoms with Crippen LogP contribution in [0.1, 0.15) is 39.2 Å². The molecule has 2 rings (SSSR count). The molecule has 0 aliphatic carbocycles. The van der Waals surface area contributed by atoms with Gasteiger partial charge in [0, 0.05) is 31.7 Å². The van der Waals surface area contributed by atoms with Crippen molar-refractivity contribution in [3.8, 4) is 0 Å². The number of aryl methyl sites for hydroxylation is 1. The first-order chi connectivity index (χ1) is 9.83. The molecule has 1 aliphatic rings. The van der Waals surface area contributed by atoms with Crippen LogP contribution in [0.15, 0.2) is 24.3 Å². The van der Waals surface area contributed by atoms with Crippen molar-refractivity contribution in [1.82, 2.24) is 5.32 Å². The van der Waals surface area contributed by atoms with Gasteiger partial charge in [0.2, 0.25) is 5.91 Å². The SMILES string of the molecule is Cc1ccc(N2CCC(CNC(=O)CC(C)(C)C)C2)cc1. The van der Waals surface area contributed by atoms with Crippen LogP contribution in [0.2, 0.25) is 0 Å². The van der Waals surface area contributed by atoms with Crippen molar-refractivity contribution in [2.45, 2.75) is 40.5 Å². The molecule has 1 saturated heterocycles. The number of nitrogens with one attached hydrogen (secondary N) is 1. The summed E-state index contributed by atoms with van der Waals surface area (Å²) in [6.07, 6.45) is 1.76. The van der Waals surface area contributed by atoms with E-state index in [1.807, 2.05) is 0 Å². The van der Waals surface area contributed by atoms with Crippen molar-refractivity contribution in [2.24, 2.45) is 11.3 Å². The molecule has 1 aromatic carbocycles. The van der Waals surface area contributed by atoms with Crippen LogP contribution < -0.4 is 10.2 Å². The first-order valence-corrected chi connectivity index (χ1v) is 7.92. The Kier molecular flexibility index (Phi) is 4.92. The highest BCUT2D eigenvalue weighted by molar-refractivity contribution is 5.76. The van der Waals surface area contributed by atoms with Gasteiger partial charge in [-0.3, -0.25) is 4.79 Å².